The van der Waals surface area contributed by atoms with Crippen LogP contribution in [-0.4, -0.2) is 130 Å². The Labute approximate surface area is 489 Å². The molecule has 23 heteroatoms. The van der Waals surface area contributed by atoms with Gasteiger partial charge < -0.3 is 52.8 Å². The number of nitrogens with one attached hydrogen (secondary N) is 3. The minimum Gasteiger partial charge on any atom is -0.462 e. The summed E-state index contributed by atoms with van der Waals surface area (Å²) in [7, 11) is 0. The zero-order valence-corrected chi connectivity index (χ0v) is 50.6. The Morgan fingerprint density at radius 2 is 0.707 bits per heavy atom. The van der Waals surface area contributed by atoms with E-state index < -0.39 is 54.6 Å². The summed E-state index contributed by atoms with van der Waals surface area (Å²) >= 11 is 0. The van der Waals surface area contributed by atoms with E-state index in [-0.39, 0.29) is 95.9 Å². The molecule has 0 saturated heterocycles. The van der Waals surface area contributed by atoms with E-state index in [1.54, 1.807) is 0 Å². The molecule has 0 aliphatic heterocycles. The molecule has 0 radical (unpaired) electrons. The molecule has 0 saturated carbocycles. The number of esters is 5. The fraction of sp³-hybridized carbons (Fsp3) is 0.864. The molecule has 478 valence electrons. The van der Waals surface area contributed by atoms with Gasteiger partial charge in [-0.25, -0.2) is 0 Å². The van der Waals surface area contributed by atoms with Crippen LogP contribution in [0, 0.1) is 0 Å². The van der Waals surface area contributed by atoms with E-state index in [2.05, 4.69) is 30.3 Å². The minimum atomic E-state index is -1.32. The first-order chi connectivity index (χ1) is 39.7. The number of hydroxylamine groups is 3. The normalized spacial score (nSPS) is 12.6. The first-order valence-electron chi connectivity index (χ1n) is 31.0. The maximum absolute atomic E-state index is 12.9. The second-order valence-electron chi connectivity index (χ2n) is 20.6. The van der Waals surface area contributed by atoms with Gasteiger partial charge in [-0.3, -0.25) is 44.1 Å². The maximum Gasteiger partial charge on any atom is 0.324 e. The number of ether oxygens (including phenoxy) is 7. The van der Waals surface area contributed by atoms with Crippen molar-refractivity contribution in [1.82, 2.24) is 16.4 Å². The molecule has 0 heterocycles. The topological polar surface area (TPSA) is 311 Å². The molecular weight excluding hydrogens is 1070 g/mol. The number of hydrogen-bond acceptors (Lipinski definition) is 23. The molecule has 0 spiro atoms. The molecule has 0 rings (SSSR count). The smallest absolute Gasteiger partial charge is 0.324 e. The molecule has 0 bridgehead atoms. The Balaban J connectivity index is 5.04. The van der Waals surface area contributed by atoms with Gasteiger partial charge in [0.05, 0.1) is 19.6 Å². The number of carbonyl (C=O) groups is 8. The van der Waals surface area contributed by atoms with Gasteiger partial charge in [-0.15, -0.1) is 0 Å². The lowest BCUT2D eigenvalue weighted by Gasteiger charge is -2.20. The molecule has 0 aliphatic rings. The van der Waals surface area contributed by atoms with E-state index in [4.69, 9.17) is 53.4 Å². The third-order valence-corrected chi connectivity index (χ3v) is 12.6. The number of aliphatic hydroxyl groups excluding tert-OH is 1. The van der Waals surface area contributed by atoms with Crippen molar-refractivity contribution >= 4 is 47.8 Å². The van der Waals surface area contributed by atoms with E-state index in [1.165, 1.54) is 0 Å². The highest BCUT2D eigenvalue weighted by Gasteiger charge is 2.21. The summed E-state index contributed by atoms with van der Waals surface area (Å²) < 4.78 is 38.8. The summed E-state index contributed by atoms with van der Waals surface area (Å²) in [6.07, 6.45) is 17.0. The lowest BCUT2D eigenvalue weighted by atomic mass is 10.1. The monoisotopic (exact) mass is 1180 g/mol. The summed E-state index contributed by atoms with van der Waals surface area (Å²) in [5.74, 6) is -3.42. The van der Waals surface area contributed by atoms with Crippen molar-refractivity contribution in [1.29, 1.82) is 0 Å². The van der Waals surface area contributed by atoms with Crippen LogP contribution in [0.5, 0.6) is 0 Å². The van der Waals surface area contributed by atoms with Gasteiger partial charge in [-0.05, 0) is 77.0 Å². The third kappa shape index (κ3) is 53.5. The standard InChI is InChI=1S/C59H108N4O19/c1-5-9-40-61-80-57(70)36-26-19-12-15-22-31-51(64)74-46-49(78-55(68)34-24-16-13-18-25-35-56(69)79-50(60)30-8-4)47-75-52(65)32-28-21-29-43-73-44-48(45-76-53(66)38-39-59(72)82-63-42-11-7-3)77-54(67)33-23-17-14-20-27-37-58(71)81-62-41-10-6-2/h48-50,53,61-63,66H,5-47,60H2,1-4H3. The first-order valence-corrected chi connectivity index (χ1v) is 31.0. The summed E-state index contributed by atoms with van der Waals surface area (Å²) in [6, 6.07) is 0. The van der Waals surface area contributed by atoms with Crippen molar-refractivity contribution in [3.63, 3.8) is 0 Å². The van der Waals surface area contributed by atoms with Gasteiger partial charge in [-0.2, -0.15) is 16.4 Å². The lowest BCUT2D eigenvalue weighted by molar-refractivity contribution is -0.171. The molecule has 82 heavy (non-hydrogen) atoms. The highest BCUT2D eigenvalue weighted by molar-refractivity contribution is 5.72. The zero-order valence-electron chi connectivity index (χ0n) is 50.6. The van der Waals surface area contributed by atoms with Crippen LogP contribution >= 0.6 is 0 Å². The quantitative estimate of drug-likeness (QED) is 0.0125. The van der Waals surface area contributed by atoms with Crippen LogP contribution in [0.4, 0.5) is 0 Å². The predicted molar refractivity (Wildman–Crippen MR) is 305 cm³/mol. The molecule has 4 unspecified atom stereocenters. The van der Waals surface area contributed by atoms with Gasteiger partial charge in [0.15, 0.2) is 18.6 Å². The third-order valence-electron chi connectivity index (χ3n) is 12.6. The SMILES string of the molecule is CCCCNOC(=O)CCCCCCCC(=O)OCC(COC(=O)CCCCCOCC(COC(O)CCC(=O)ONCCCC)OC(=O)CCCCCCCC(=O)ONCCCC)OC(=O)CCCCCCCC(=O)OC(N)CCC. The van der Waals surface area contributed by atoms with Crippen LogP contribution in [0.2, 0.25) is 0 Å². The van der Waals surface area contributed by atoms with E-state index in [0.717, 1.165) is 103 Å². The van der Waals surface area contributed by atoms with E-state index in [9.17, 15) is 43.5 Å². The Hall–Kier alpha value is -4.52. The molecule has 0 aliphatic carbocycles. The van der Waals surface area contributed by atoms with Crippen molar-refractivity contribution in [2.45, 2.75) is 277 Å². The Kier molecular flexibility index (Phi) is 53.8. The Morgan fingerprint density at radius 3 is 1.11 bits per heavy atom. The zero-order chi connectivity index (χ0) is 60.5. The number of hydrogen-bond donors (Lipinski definition) is 5. The lowest BCUT2D eigenvalue weighted by Crippen LogP contribution is -2.31. The largest absolute Gasteiger partial charge is 0.462 e. The van der Waals surface area contributed by atoms with Crippen LogP contribution in [0.25, 0.3) is 0 Å². The minimum absolute atomic E-state index is 0.0257. The molecule has 6 N–H and O–H groups in total. The molecule has 0 fully saturated rings. The number of carbonyl (C=O) groups excluding carboxylic acids is 8. The highest BCUT2D eigenvalue weighted by Crippen LogP contribution is 2.14. The van der Waals surface area contributed by atoms with Gasteiger partial charge >= 0.3 is 47.8 Å². The Bertz CT molecular complexity index is 1640. The van der Waals surface area contributed by atoms with Crippen molar-refractivity contribution < 1.29 is 91.1 Å². The van der Waals surface area contributed by atoms with Gasteiger partial charge in [0.25, 0.3) is 0 Å². The van der Waals surface area contributed by atoms with Crippen molar-refractivity contribution in [2.75, 3.05) is 52.7 Å². The van der Waals surface area contributed by atoms with Crippen LogP contribution in [-0.2, 0) is 86.0 Å². The average Bonchev–Trinajstić information content (AvgIpc) is 3.45. The highest BCUT2D eigenvalue weighted by atomic mass is 16.7. The second-order valence-corrected chi connectivity index (χ2v) is 20.6. The number of unbranched alkanes of at least 4 members (excludes halogenated alkanes) is 17. The maximum atomic E-state index is 12.9. The van der Waals surface area contributed by atoms with Crippen LogP contribution in [0.3, 0.4) is 0 Å². The van der Waals surface area contributed by atoms with Crippen molar-refractivity contribution in [3.05, 3.63) is 0 Å². The van der Waals surface area contributed by atoms with Crippen LogP contribution < -0.4 is 22.2 Å². The number of aliphatic hydroxyl groups is 1. The summed E-state index contributed by atoms with van der Waals surface area (Å²) in [4.78, 5) is 114. The van der Waals surface area contributed by atoms with Crippen LogP contribution in [0.1, 0.15) is 252 Å². The molecule has 4 atom stereocenters. The van der Waals surface area contributed by atoms with E-state index in [1.807, 2.05) is 13.8 Å². The molecule has 23 nitrogen and oxygen atoms in total. The summed E-state index contributed by atoms with van der Waals surface area (Å²) in [5.41, 5.74) is 13.7. The van der Waals surface area contributed by atoms with Crippen LogP contribution in [0.15, 0.2) is 0 Å². The number of nitrogens with two attached hydrogens (primary N) is 1. The molecule has 0 aromatic carbocycles. The fourth-order valence-electron chi connectivity index (χ4n) is 7.72. The van der Waals surface area contributed by atoms with Gasteiger partial charge in [-0.1, -0.05) is 118 Å². The second kappa shape index (κ2) is 56.9. The van der Waals surface area contributed by atoms with Gasteiger partial charge in [0.2, 0.25) is 0 Å². The van der Waals surface area contributed by atoms with Gasteiger partial charge in [0.1, 0.15) is 19.3 Å². The number of rotatable bonds is 59. The summed E-state index contributed by atoms with van der Waals surface area (Å²) in [5, 5.41) is 10.4. The average molecular weight is 1180 g/mol. The van der Waals surface area contributed by atoms with Gasteiger partial charge in [0, 0.05) is 77.6 Å². The first kappa shape index (κ1) is 77.5. The van der Waals surface area contributed by atoms with E-state index >= 15 is 0 Å². The summed E-state index contributed by atoms with van der Waals surface area (Å²) in [6.45, 7) is 9.32. The molecule has 0 aromatic heterocycles. The van der Waals surface area contributed by atoms with E-state index in [0.29, 0.717) is 96.7 Å². The Morgan fingerprint density at radius 1 is 0.366 bits per heavy atom. The van der Waals surface area contributed by atoms with Crippen molar-refractivity contribution in [3.8, 4) is 0 Å². The molecule has 0 aromatic rings. The molecule has 0 amide bonds. The fourth-order valence-corrected chi connectivity index (χ4v) is 7.72. The molecular formula is C59H108N4O19. The van der Waals surface area contributed by atoms with Crippen molar-refractivity contribution in [2.24, 2.45) is 5.73 Å². The predicted octanol–water partition coefficient (Wildman–Crippen LogP) is 8.95.